The number of benzene rings is 1. The average molecular weight is 247 g/mol. The summed E-state index contributed by atoms with van der Waals surface area (Å²) in [7, 11) is 0. The van der Waals surface area contributed by atoms with Crippen LogP contribution >= 0.6 is 0 Å². The first-order valence-corrected chi connectivity index (χ1v) is 5.39. The Morgan fingerprint density at radius 3 is 2.72 bits per heavy atom. The number of H-pyrrole nitrogens is 1. The maximum Gasteiger partial charge on any atom is 0.359 e. The molecular formula is C12H13N3O3. The molecule has 0 aliphatic heterocycles. The largest absolute Gasteiger partial charge is 0.476 e. The van der Waals surface area contributed by atoms with E-state index in [2.05, 4.69) is 15.4 Å². The number of aromatic carboxylic acids is 1. The molecular weight excluding hydrogens is 234 g/mol. The number of carboxylic acids is 1. The van der Waals surface area contributed by atoms with Crippen molar-refractivity contribution in [2.45, 2.75) is 20.8 Å². The summed E-state index contributed by atoms with van der Waals surface area (Å²) in [4.78, 5) is 10.9. The molecule has 2 aromatic rings. The Morgan fingerprint density at radius 1 is 1.33 bits per heavy atom. The highest BCUT2D eigenvalue weighted by Crippen LogP contribution is 2.28. The summed E-state index contributed by atoms with van der Waals surface area (Å²) in [6.45, 7) is 5.82. The molecule has 0 fully saturated rings. The van der Waals surface area contributed by atoms with Gasteiger partial charge in [0.15, 0.2) is 0 Å². The summed E-state index contributed by atoms with van der Waals surface area (Å²) in [6.07, 6.45) is 0. The monoisotopic (exact) mass is 247 g/mol. The third-order valence-electron chi connectivity index (χ3n) is 2.70. The molecule has 0 radical (unpaired) electrons. The van der Waals surface area contributed by atoms with E-state index in [9.17, 15) is 4.79 Å². The molecule has 0 spiro atoms. The number of carboxylic acid groups (broad SMARTS) is 1. The summed E-state index contributed by atoms with van der Waals surface area (Å²) < 4.78 is 5.52. The van der Waals surface area contributed by atoms with Crippen LogP contribution in [0.4, 0.5) is 0 Å². The Balaban J connectivity index is 2.40. The quantitative estimate of drug-likeness (QED) is 0.868. The SMILES string of the molecule is Cc1cc(C)c(C)c(Oc2nn[nH]c2C(=O)O)c1. The highest BCUT2D eigenvalue weighted by atomic mass is 16.5. The predicted molar refractivity (Wildman–Crippen MR) is 64.1 cm³/mol. The molecule has 0 saturated heterocycles. The molecule has 1 aromatic carbocycles. The van der Waals surface area contributed by atoms with Crippen LogP contribution in [0.1, 0.15) is 27.2 Å². The third kappa shape index (κ3) is 2.17. The lowest BCUT2D eigenvalue weighted by atomic mass is 10.1. The number of hydrogen-bond acceptors (Lipinski definition) is 4. The standard InChI is InChI=1S/C12H13N3O3/c1-6-4-7(2)8(3)9(5-6)18-11-10(12(16)17)13-15-14-11/h4-5H,1-3H3,(H,16,17)(H,13,14,15). The van der Waals surface area contributed by atoms with Crippen LogP contribution in [0.5, 0.6) is 11.6 Å². The van der Waals surface area contributed by atoms with Gasteiger partial charge in [-0.2, -0.15) is 0 Å². The molecule has 1 heterocycles. The second-order valence-corrected chi connectivity index (χ2v) is 4.10. The van der Waals surface area contributed by atoms with Gasteiger partial charge in [-0.1, -0.05) is 16.4 Å². The summed E-state index contributed by atoms with van der Waals surface area (Å²) in [5, 5.41) is 18.3. The zero-order valence-corrected chi connectivity index (χ0v) is 10.3. The number of ether oxygens (including phenoxy) is 1. The van der Waals surface area contributed by atoms with E-state index in [1.54, 1.807) is 0 Å². The van der Waals surface area contributed by atoms with Crippen LogP contribution in [-0.4, -0.2) is 26.5 Å². The van der Waals surface area contributed by atoms with Gasteiger partial charge in [0.25, 0.3) is 5.88 Å². The molecule has 6 heteroatoms. The van der Waals surface area contributed by atoms with E-state index in [-0.39, 0.29) is 11.6 Å². The minimum absolute atomic E-state index is 0.0319. The van der Waals surface area contributed by atoms with Crippen LogP contribution in [0.2, 0.25) is 0 Å². The van der Waals surface area contributed by atoms with Gasteiger partial charge in [0.05, 0.1) is 0 Å². The molecule has 0 amide bonds. The first-order valence-electron chi connectivity index (χ1n) is 5.39. The van der Waals surface area contributed by atoms with E-state index in [0.717, 1.165) is 16.7 Å². The number of aryl methyl sites for hydroxylation is 2. The van der Waals surface area contributed by atoms with Gasteiger partial charge >= 0.3 is 5.97 Å². The highest BCUT2D eigenvalue weighted by molar-refractivity contribution is 5.87. The van der Waals surface area contributed by atoms with Crippen molar-refractivity contribution in [1.82, 2.24) is 15.4 Å². The Kier molecular flexibility index (Phi) is 3.01. The molecule has 0 bridgehead atoms. The van der Waals surface area contributed by atoms with Crippen LogP contribution in [0.3, 0.4) is 0 Å². The molecule has 18 heavy (non-hydrogen) atoms. The molecule has 94 valence electrons. The second-order valence-electron chi connectivity index (χ2n) is 4.10. The lowest BCUT2D eigenvalue weighted by molar-refractivity contribution is 0.0687. The minimum Gasteiger partial charge on any atom is -0.476 e. The van der Waals surface area contributed by atoms with Gasteiger partial charge in [-0.15, -0.1) is 0 Å². The first-order chi connectivity index (χ1) is 8.49. The van der Waals surface area contributed by atoms with E-state index >= 15 is 0 Å². The molecule has 2 N–H and O–H groups in total. The summed E-state index contributed by atoms with van der Waals surface area (Å²) in [5.74, 6) is -0.600. The number of rotatable bonds is 3. The van der Waals surface area contributed by atoms with Gasteiger partial charge in [-0.05, 0) is 43.5 Å². The Labute approximate surface area is 104 Å². The zero-order chi connectivity index (χ0) is 13.3. The molecule has 1 aromatic heterocycles. The number of nitrogens with zero attached hydrogens (tertiary/aromatic N) is 2. The summed E-state index contributed by atoms with van der Waals surface area (Å²) in [5.41, 5.74) is 2.90. The predicted octanol–water partition coefficient (Wildman–Crippen LogP) is 2.22. The van der Waals surface area contributed by atoms with Crippen molar-refractivity contribution in [1.29, 1.82) is 0 Å². The second kappa shape index (κ2) is 4.48. The number of carbonyl (C=O) groups is 1. The van der Waals surface area contributed by atoms with Crippen molar-refractivity contribution in [3.05, 3.63) is 34.5 Å². The van der Waals surface area contributed by atoms with Crippen molar-refractivity contribution in [2.24, 2.45) is 0 Å². The average Bonchev–Trinajstić information content (AvgIpc) is 2.73. The van der Waals surface area contributed by atoms with Crippen molar-refractivity contribution in [3.63, 3.8) is 0 Å². The van der Waals surface area contributed by atoms with Crippen molar-refractivity contribution in [3.8, 4) is 11.6 Å². The number of aromatic amines is 1. The number of aromatic nitrogens is 3. The van der Waals surface area contributed by atoms with E-state index < -0.39 is 5.97 Å². The van der Waals surface area contributed by atoms with Gasteiger partial charge in [-0.3, -0.25) is 0 Å². The first kappa shape index (κ1) is 12.1. The van der Waals surface area contributed by atoms with E-state index in [0.29, 0.717) is 5.75 Å². The van der Waals surface area contributed by atoms with Crippen LogP contribution in [0.15, 0.2) is 12.1 Å². The van der Waals surface area contributed by atoms with Crippen LogP contribution in [-0.2, 0) is 0 Å². The molecule has 0 aliphatic carbocycles. The van der Waals surface area contributed by atoms with Crippen molar-refractivity contribution in [2.75, 3.05) is 0 Å². The van der Waals surface area contributed by atoms with Crippen molar-refractivity contribution < 1.29 is 14.6 Å². The molecule has 6 nitrogen and oxygen atoms in total. The Bertz CT molecular complexity index is 605. The fourth-order valence-electron chi connectivity index (χ4n) is 1.64. The molecule has 0 aliphatic rings. The number of nitrogens with one attached hydrogen (secondary N) is 1. The summed E-state index contributed by atoms with van der Waals surface area (Å²) >= 11 is 0. The topological polar surface area (TPSA) is 88.1 Å². The van der Waals surface area contributed by atoms with Crippen LogP contribution < -0.4 is 4.74 Å². The minimum atomic E-state index is -1.16. The van der Waals surface area contributed by atoms with Crippen molar-refractivity contribution >= 4 is 5.97 Å². The van der Waals surface area contributed by atoms with Gasteiger partial charge in [0, 0.05) is 0 Å². The lowest BCUT2D eigenvalue weighted by Crippen LogP contribution is -2.00. The maximum atomic E-state index is 10.9. The molecule has 2 rings (SSSR count). The highest BCUT2D eigenvalue weighted by Gasteiger charge is 2.17. The van der Waals surface area contributed by atoms with Gasteiger partial charge in [-0.25, -0.2) is 9.89 Å². The normalized spacial score (nSPS) is 10.4. The van der Waals surface area contributed by atoms with Gasteiger partial charge in [0.2, 0.25) is 5.69 Å². The summed E-state index contributed by atoms with van der Waals surface area (Å²) in [6, 6.07) is 3.87. The Morgan fingerprint density at radius 2 is 2.06 bits per heavy atom. The van der Waals surface area contributed by atoms with Crippen LogP contribution in [0, 0.1) is 20.8 Å². The fourth-order valence-corrected chi connectivity index (χ4v) is 1.64. The van der Waals surface area contributed by atoms with Crippen LogP contribution in [0.25, 0.3) is 0 Å². The lowest BCUT2D eigenvalue weighted by Gasteiger charge is -2.10. The van der Waals surface area contributed by atoms with Gasteiger partial charge < -0.3 is 9.84 Å². The third-order valence-corrected chi connectivity index (χ3v) is 2.70. The Hall–Kier alpha value is -2.37. The molecule has 0 unspecified atom stereocenters. The van der Waals surface area contributed by atoms with E-state index in [4.69, 9.17) is 9.84 Å². The fraction of sp³-hybridized carbons (Fsp3) is 0.250. The smallest absolute Gasteiger partial charge is 0.359 e. The molecule has 0 saturated carbocycles. The van der Waals surface area contributed by atoms with Gasteiger partial charge in [0.1, 0.15) is 5.75 Å². The maximum absolute atomic E-state index is 10.9. The molecule has 0 atom stereocenters. The van der Waals surface area contributed by atoms with E-state index in [1.165, 1.54) is 0 Å². The number of hydrogen-bond donors (Lipinski definition) is 2. The van der Waals surface area contributed by atoms with E-state index in [1.807, 2.05) is 32.9 Å². The zero-order valence-electron chi connectivity index (χ0n) is 10.3.